The average molecular weight is 504 g/mol. The predicted molar refractivity (Wildman–Crippen MR) is 142 cm³/mol. The number of hydrogen-bond acceptors (Lipinski definition) is 5. The minimum Gasteiger partial charge on any atom is -0.368 e. The molecule has 1 aliphatic rings. The van der Waals surface area contributed by atoms with Crippen LogP contribution in [0.5, 0.6) is 0 Å². The maximum Gasteiger partial charge on any atom is 0.233 e. The SMILES string of the molecule is O=C(CSc1nnc(Cc2ccccc2)n1-c1ccc(Cl)cc1)N1CCN(c2ccccc2)CC1. The van der Waals surface area contributed by atoms with Crippen LogP contribution in [0, 0.1) is 0 Å². The lowest BCUT2D eigenvalue weighted by Gasteiger charge is -2.36. The van der Waals surface area contributed by atoms with Gasteiger partial charge in [-0.1, -0.05) is 71.9 Å². The molecule has 0 N–H and O–H groups in total. The molecule has 1 aromatic heterocycles. The number of carbonyl (C=O) groups is 1. The Morgan fingerprint density at radius 2 is 1.46 bits per heavy atom. The molecule has 0 unspecified atom stereocenters. The maximum absolute atomic E-state index is 13.0. The summed E-state index contributed by atoms with van der Waals surface area (Å²) in [5.74, 6) is 1.27. The number of rotatable bonds is 7. The van der Waals surface area contributed by atoms with Crippen molar-refractivity contribution in [2.75, 3.05) is 36.8 Å². The first-order valence-electron chi connectivity index (χ1n) is 11.6. The van der Waals surface area contributed by atoms with Crippen molar-refractivity contribution in [3.63, 3.8) is 0 Å². The van der Waals surface area contributed by atoms with Crippen LogP contribution in [0.1, 0.15) is 11.4 Å². The number of benzene rings is 3. The number of hydrogen-bond donors (Lipinski definition) is 0. The van der Waals surface area contributed by atoms with Crippen LogP contribution in [0.25, 0.3) is 5.69 Å². The Kier molecular flexibility index (Phi) is 7.35. The molecule has 5 rings (SSSR count). The average Bonchev–Trinajstić information content (AvgIpc) is 3.31. The molecule has 4 aromatic rings. The molecular formula is C27H26ClN5OS. The molecule has 6 nitrogen and oxygen atoms in total. The van der Waals surface area contributed by atoms with E-state index in [1.54, 1.807) is 0 Å². The minimum absolute atomic E-state index is 0.123. The number of piperazine rings is 1. The summed E-state index contributed by atoms with van der Waals surface area (Å²) >= 11 is 7.55. The maximum atomic E-state index is 13.0. The van der Waals surface area contributed by atoms with Gasteiger partial charge in [0.25, 0.3) is 0 Å². The third-order valence-corrected chi connectivity index (χ3v) is 7.23. The zero-order chi connectivity index (χ0) is 24.0. The van der Waals surface area contributed by atoms with Gasteiger partial charge >= 0.3 is 0 Å². The van der Waals surface area contributed by atoms with Gasteiger partial charge in [0.15, 0.2) is 5.16 Å². The van der Waals surface area contributed by atoms with E-state index in [1.165, 1.54) is 17.4 Å². The van der Waals surface area contributed by atoms with Crippen LogP contribution in [-0.4, -0.2) is 57.5 Å². The third kappa shape index (κ3) is 5.69. The van der Waals surface area contributed by atoms with Crippen molar-refractivity contribution < 1.29 is 4.79 Å². The zero-order valence-electron chi connectivity index (χ0n) is 19.3. The smallest absolute Gasteiger partial charge is 0.233 e. The highest BCUT2D eigenvalue weighted by Crippen LogP contribution is 2.25. The first-order valence-corrected chi connectivity index (χ1v) is 13.0. The predicted octanol–water partition coefficient (Wildman–Crippen LogP) is 4.95. The summed E-state index contributed by atoms with van der Waals surface area (Å²) in [4.78, 5) is 17.3. The van der Waals surface area contributed by atoms with Gasteiger partial charge in [-0.25, -0.2) is 0 Å². The van der Waals surface area contributed by atoms with Gasteiger partial charge in [0, 0.05) is 49.0 Å². The van der Waals surface area contributed by atoms with E-state index >= 15 is 0 Å². The number of anilines is 1. The Labute approximate surface area is 214 Å². The monoisotopic (exact) mass is 503 g/mol. The summed E-state index contributed by atoms with van der Waals surface area (Å²) in [6.07, 6.45) is 0.645. The zero-order valence-corrected chi connectivity index (χ0v) is 20.8. The summed E-state index contributed by atoms with van der Waals surface area (Å²) in [5, 5.41) is 10.3. The van der Waals surface area contributed by atoms with Crippen molar-refractivity contribution in [3.05, 3.63) is 101 Å². The van der Waals surface area contributed by atoms with Gasteiger partial charge in [-0.15, -0.1) is 10.2 Å². The van der Waals surface area contributed by atoms with E-state index in [0.717, 1.165) is 43.3 Å². The van der Waals surface area contributed by atoms with Gasteiger partial charge in [0.05, 0.1) is 5.75 Å². The molecule has 0 atom stereocenters. The number of carbonyl (C=O) groups excluding carboxylic acids is 1. The highest BCUT2D eigenvalue weighted by Gasteiger charge is 2.23. The molecule has 0 saturated carbocycles. The molecule has 0 radical (unpaired) electrons. The van der Waals surface area contributed by atoms with Gasteiger partial charge < -0.3 is 9.80 Å². The lowest BCUT2D eigenvalue weighted by molar-refractivity contribution is -0.128. The number of aromatic nitrogens is 3. The summed E-state index contributed by atoms with van der Waals surface area (Å²) in [5.41, 5.74) is 3.28. The van der Waals surface area contributed by atoms with E-state index < -0.39 is 0 Å². The summed E-state index contributed by atoms with van der Waals surface area (Å²) in [6, 6.07) is 28.2. The van der Waals surface area contributed by atoms with E-state index in [-0.39, 0.29) is 5.91 Å². The standard InChI is InChI=1S/C27H26ClN5OS/c28-22-11-13-24(14-12-22)33-25(19-21-7-3-1-4-8-21)29-30-27(33)35-20-26(34)32-17-15-31(16-18-32)23-9-5-2-6-10-23/h1-14H,15-20H2. The molecule has 1 saturated heterocycles. The van der Waals surface area contributed by atoms with Gasteiger partial charge in [0.1, 0.15) is 5.82 Å². The molecule has 8 heteroatoms. The Balaban J connectivity index is 1.27. The topological polar surface area (TPSA) is 54.3 Å². The summed E-state index contributed by atoms with van der Waals surface area (Å²) in [6.45, 7) is 3.11. The van der Waals surface area contributed by atoms with Gasteiger partial charge in [-0.3, -0.25) is 9.36 Å². The lowest BCUT2D eigenvalue weighted by Crippen LogP contribution is -2.49. The molecule has 0 bridgehead atoms. The molecule has 178 valence electrons. The van der Waals surface area contributed by atoms with Gasteiger partial charge in [0.2, 0.25) is 5.91 Å². The second-order valence-electron chi connectivity index (χ2n) is 8.37. The van der Waals surface area contributed by atoms with Crippen LogP contribution in [0.15, 0.2) is 90.1 Å². The molecular weight excluding hydrogens is 478 g/mol. The van der Waals surface area contributed by atoms with Crippen molar-refractivity contribution in [1.29, 1.82) is 0 Å². The largest absolute Gasteiger partial charge is 0.368 e. The number of amides is 1. The highest BCUT2D eigenvalue weighted by molar-refractivity contribution is 7.99. The number of halogens is 1. The fraction of sp³-hybridized carbons (Fsp3) is 0.222. The fourth-order valence-electron chi connectivity index (χ4n) is 4.21. The van der Waals surface area contributed by atoms with Crippen LogP contribution in [0.4, 0.5) is 5.69 Å². The van der Waals surface area contributed by atoms with Crippen LogP contribution in [-0.2, 0) is 11.2 Å². The van der Waals surface area contributed by atoms with Crippen LogP contribution in [0.3, 0.4) is 0 Å². The Hall–Kier alpha value is -3.29. The Bertz CT molecular complexity index is 1260. The van der Waals surface area contributed by atoms with Crippen molar-refractivity contribution in [2.24, 2.45) is 0 Å². The molecule has 0 spiro atoms. The molecule has 2 heterocycles. The molecule has 1 aliphatic heterocycles. The Morgan fingerprint density at radius 3 is 2.14 bits per heavy atom. The molecule has 0 aliphatic carbocycles. The van der Waals surface area contributed by atoms with Crippen molar-refractivity contribution in [3.8, 4) is 5.69 Å². The lowest BCUT2D eigenvalue weighted by atomic mass is 10.1. The number of thioether (sulfide) groups is 1. The molecule has 1 amide bonds. The molecule has 1 fully saturated rings. The molecule has 3 aromatic carbocycles. The van der Waals surface area contributed by atoms with E-state index in [4.69, 9.17) is 11.6 Å². The fourth-order valence-corrected chi connectivity index (χ4v) is 5.21. The van der Waals surface area contributed by atoms with Crippen LogP contribution >= 0.6 is 23.4 Å². The minimum atomic E-state index is 0.123. The van der Waals surface area contributed by atoms with Crippen LogP contribution in [0.2, 0.25) is 5.02 Å². The number of para-hydroxylation sites is 1. The summed E-state index contributed by atoms with van der Waals surface area (Å²) < 4.78 is 2.02. The second kappa shape index (κ2) is 11.0. The van der Waals surface area contributed by atoms with E-state index in [2.05, 4.69) is 39.4 Å². The third-order valence-electron chi connectivity index (χ3n) is 6.07. The second-order valence-corrected chi connectivity index (χ2v) is 9.74. The van der Waals surface area contributed by atoms with Gasteiger partial charge in [-0.2, -0.15) is 0 Å². The van der Waals surface area contributed by atoms with Gasteiger partial charge in [-0.05, 0) is 42.0 Å². The van der Waals surface area contributed by atoms with E-state index in [0.29, 0.717) is 22.4 Å². The summed E-state index contributed by atoms with van der Waals surface area (Å²) in [7, 11) is 0. The van der Waals surface area contributed by atoms with Crippen molar-refractivity contribution in [1.82, 2.24) is 19.7 Å². The van der Waals surface area contributed by atoms with Crippen LogP contribution < -0.4 is 4.90 Å². The highest BCUT2D eigenvalue weighted by atomic mass is 35.5. The van der Waals surface area contributed by atoms with Crippen molar-refractivity contribution >= 4 is 35.0 Å². The number of nitrogens with zero attached hydrogens (tertiary/aromatic N) is 5. The molecule has 35 heavy (non-hydrogen) atoms. The Morgan fingerprint density at radius 1 is 0.800 bits per heavy atom. The first-order chi connectivity index (χ1) is 17.2. The first kappa shape index (κ1) is 23.5. The van der Waals surface area contributed by atoms with E-state index in [1.807, 2.05) is 70.1 Å². The normalized spacial score (nSPS) is 13.7. The van der Waals surface area contributed by atoms with E-state index in [9.17, 15) is 4.79 Å². The quantitative estimate of drug-likeness (QED) is 0.334. The van der Waals surface area contributed by atoms with Crippen molar-refractivity contribution in [2.45, 2.75) is 11.6 Å².